The molecule has 2 rings (SSSR count). The van der Waals surface area contributed by atoms with Crippen LogP contribution < -0.4 is 15.2 Å². The van der Waals surface area contributed by atoms with Gasteiger partial charge in [0.1, 0.15) is 11.5 Å². The van der Waals surface area contributed by atoms with Gasteiger partial charge in [0.05, 0.1) is 19.3 Å². The molecule has 0 heterocycles. The van der Waals surface area contributed by atoms with Crippen molar-refractivity contribution in [3.05, 3.63) is 23.8 Å². The van der Waals surface area contributed by atoms with E-state index in [1.165, 1.54) is 19.2 Å². The summed E-state index contributed by atoms with van der Waals surface area (Å²) in [7, 11) is 1.33. The topological polar surface area (TPSA) is 64.7 Å². The maximum Gasteiger partial charge on any atom is 0.573 e. The van der Waals surface area contributed by atoms with Crippen LogP contribution >= 0.6 is 12.4 Å². The van der Waals surface area contributed by atoms with Crippen molar-refractivity contribution in [3.63, 3.8) is 0 Å². The van der Waals surface area contributed by atoms with E-state index in [0.717, 1.165) is 25.3 Å². The lowest BCUT2D eigenvalue weighted by atomic mass is 9.77. The van der Waals surface area contributed by atoms with Crippen LogP contribution in [0.1, 0.15) is 30.9 Å². The van der Waals surface area contributed by atoms with E-state index < -0.39 is 18.5 Å². The van der Waals surface area contributed by atoms with Crippen molar-refractivity contribution in [2.45, 2.75) is 37.8 Å². The summed E-state index contributed by atoms with van der Waals surface area (Å²) >= 11 is 0. The second-order valence-electron chi connectivity index (χ2n) is 5.16. The summed E-state index contributed by atoms with van der Waals surface area (Å²) < 4.78 is 45.5. The van der Waals surface area contributed by atoms with Crippen LogP contribution in [-0.4, -0.2) is 24.7 Å². The molecule has 2 atom stereocenters. The number of hydrogen-bond acceptors (Lipinski definition) is 4. The fourth-order valence-electron chi connectivity index (χ4n) is 2.42. The molecule has 1 aliphatic rings. The third kappa shape index (κ3) is 4.41. The van der Waals surface area contributed by atoms with E-state index in [2.05, 4.69) is 4.74 Å². The lowest BCUT2D eigenvalue weighted by Gasteiger charge is -2.34. The minimum Gasteiger partial charge on any atom is -0.496 e. The number of methoxy groups -OCH3 is 1. The van der Waals surface area contributed by atoms with Crippen LogP contribution in [-0.2, 0) is 0 Å². The molecule has 0 saturated heterocycles. The van der Waals surface area contributed by atoms with Gasteiger partial charge < -0.3 is 20.3 Å². The highest BCUT2D eigenvalue weighted by atomic mass is 35.5. The summed E-state index contributed by atoms with van der Waals surface area (Å²) in [6, 6.07) is 2.98. The molecule has 0 radical (unpaired) electrons. The summed E-state index contributed by atoms with van der Waals surface area (Å²) in [6.07, 6.45) is -2.62. The average molecular weight is 342 g/mol. The predicted molar refractivity (Wildman–Crippen MR) is 77.2 cm³/mol. The first-order valence-corrected chi connectivity index (χ1v) is 6.69. The number of aliphatic hydroxyl groups is 1. The predicted octanol–water partition coefficient (Wildman–Crippen LogP) is 3.18. The van der Waals surface area contributed by atoms with Crippen molar-refractivity contribution in [2.24, 2.45) is 11.7 Å². The minimum absolute atomic E-state index is 0. The number of ether oxygens (including phenoxy) is 2. The number of nitrogens with two attached hydrogens (primary N) is 1. The van der Waals surface area contributed by atoms with Gasteiger partial charge in [-0.1, -0.05) is 6.42 Å². The molecule has 4 nitrogen and oxygen atoms in total. The Morgan fingerprint density at radius 3 is 2.41 bits per heavy atom. The van der Waals surface area contributed by atoms with Crippen molar-refractivity contribution in [2.75, 3.05) is 7.11 Å². The zero-order valence-electron chi connectivity index (χ0n) is 12.0. The van der Waals surface area contributed by atoms with Crippen molar-refractivity contribution < 1.29 is 27.8 Å². The standard InChI is InChI=1S/C14H18F3NO3.ClH/c1-20-11-7-9(21-14(15,16)17)5-6-10(11)12(18)13(19)8-3-2-4-8;/h5-8,12-13,19H,2-4,18H2,1H3;1H/t12-,13+;/m1./s1. The van der Waals surface area contributed by atoms with Crippen LogP contribution in [0.5, 0.6) is 11.5 Å². The van der Waals surface area contributed by atoms with E-state index in [1.807, 2.05) is 0 Å². The number of halogens is 4. The highest BCUT2D eigenvalue weighted by molar-refractivity contribution is 5.85. The normalized spacial score (nSPS) is 17.9. The molecule has 0 spiro atoms. The van der Waals surface area contributed by atoms with E-state index in [0.29, 0.717) is 5.56 Å². The first-order valence-electron chi connectivity index (χ1n) is 6.69. The van der Waals surface area contributed by atoms with Crippen molar-refractivity contribution in [1.29, 1.82) is 0 Å². The van der Waals surface area contributed by atoms with Gasteiger partial charge in [-0.3, -0.25) is 0 Å². The molecule has 0 bridgehead atoms. The monoisotopic (exact) mass is 341 g/mol. The Morgan fingerprint density at radius 1 is 1.32 bits per heavy atom. The molecule has 1 aliphatic carbocycles. The maximum absolute atomic E-state index is 12.2. The molecule has 8 heteroatoms. The third-order valence-corrected chi connectivity index (χ3v) is 3.80. The molecular formula is C14H19ClF3NO3. The minimum atomic E-state index is -4.76. The first kappa shape index (κ1) is 18.9. The third-order valence-electron chi connectivity index (χ3n) is 3.80. The quantitative estimate of drug-likeness (QED) is 0.863. The SMILES string of the molecule is COc1cc(OC(F)(F)F)ccc1[C@@H](N)[C@@H](O)C1CCC1.Cl. The molecule has 1 aromatic rings. The van der Waals surface area contributed by atoms with Gasteiger partial charge in [0.25, 0.3) is 0 Å². The lowest BCUT2D eigenvalue weighted by molar-refractivity contribution is -0.274. The number of rotatable bonds is 5. The van der Waals surface area contributed by atoms with Crippen LogP contribution in [0.15, 0.2) is 18.2 Å². The Morgan fingerprint density at radius 2 is 1.95 bits per heavy atom. The molecule has 126 valence electrons. The van der Waals surface area contributed by atoms with Gasteiger partial charge in [-0.15, -0.1) is 25.6 Å². The molecule has 0 aliphatic heterocycles. The van der Waals surface area contributed by atoms with Crippen molar-refractivity contribution in [1.82, 2.24) is 0 Å². The van der Waals surface area contributed by atoms with Gasteiger partial charge in [-0.05, 0) is 30.9 Å². The van der Waals surface area contributed by atoms with Crippen LogP contribution in [0.2, 0.25) is 0 Å². The molecule has 1 fully saturated rings. The van der Waals surface area contributed by atoms with E-state index >= 15 is 0 Å². The fraction of sp³-hybridized carbons (Fsp3) is 0.571. The van der Waals surface area contributed by atoms with Crippen molar-refractivity contribution >= 4 is 12.4 Å². The molecule has 22 heavy (non-hydrogen) atoms. The smallest absolute Gasteiger partial charge is 0.496 e. The fourth-order valence-corrected chi connectivity index (χ4v) is 2.42. The van der Waals surface area contributed by atoms with Crippen LogP contribution in [0.4, 0.5) is 13.2 Å². The van der Waals surface area contributed by atoms with E-state index in [9.17, 15) is 18.3 Å². The summed E-state index contributed by atoms with van der Waals surface area (Å²) in [5, 5.41) is 10.2. The molecular weight excluding hydrogens is 323 g/mol. The lowest BCUT2D eigenvalue weighted by Crippen LogP contribution is -2.36. The zero-order chi connectivity index (χ0) is 15.6. The Bertz CT molecular complexity index is 495. The summed E-state index contributed by atoms with van der Waals surface area (Å²) in [4.78, 5) is 0. The van der Waals surface area contributed by atoms with E-state index in [4.69, 9.17) is 10.5 Å². The summed E-state index contributed by atoms with van der Waals surface area (Å²) in [6.45, 7) is 0. The van der Waals surface area contributed by atoms with E-state index in [-0.39, 0.29) is 29.8 Å². The molecule has 0 amide bonds. The van der Waals surface area contributed by atoms with Gasteiger partial charge >= 0.3 is 6.36 Å². The average Bonchev–Trinajstić information content (AvgIpc) is 2.33. The Balaban J connectivity index is 0.00000242. The molecule has 3 N–H and O–H groups in total. The highest BCUT2D eigenvalue weighted by Gasteiger charge is 2.33. The molecule has 1 saturated carbocycles. The number of hydrogen-bond donors (Lipinski definition) is 2. The first-order chi connectivity index (χ1) is 9.81. The van der Waals surface area contributed by atoms with Crippen molar-refractivity contribution in [3.8, 4) is 11.5 Å². The second-order valence-corrected chi connectivity index (χ2v) is 5.16. The van der Waals surface area contributed by atoms with Gasteiger partial charge in [-0.25, -0.2) is 0 Å². The number of benzene rings is 1. The Labute approximate surface area is 132 Å². The highest BCUT2D eigenvalue weighted by Crippen LogP contribution is 2.38. The van der Waals surface area contributed by atoms with Gasteiger partial charge in [0, 0.05) is 11.6 Å². The largest absolute Gasteiger partial charge is 0.573 e. The Hall–Kier alpha value is -1.18. The van der Waals surface area contributed by atoms with Crippen LogP contribution in [0.3, 0.4) is 0 Å². The zero-order valence-corrected chi connectivity index (χ0v) is 12.8. The molecule has 0 unspecified atom stereocenters. The Kier molecular flexibility index (Phi) is 6.34. The maximum atomic E-state index is 12.2. The van der Waals surface area contributed by atoms with E-state index in [1.54, 1.807) is 0 Å². The van der Waals surface area contributed by atoms with Gasteiger partial charge in [0.2, 0.25) is 0 Å². The van der Waals surface area contributed by atoms with Crippen LogP contribution in [0.25, 0.3) is 0 Å². The summed E-state index contributed by atoms with van der Waals surface area (Å²) in [5.74, 6) is -0.0770. The van der Waals surface area contributed by atoms with Crippen LogP contribution in [0, 0.1) is 5.92 Å². The summed E-state index contributed by atoms with van der Waals surface area (Å²) in [5.41, 5.74) is 6.47. The number of aliphatic hydroxyl groups excluding tert-OH is 1. The van der Waals surface area contributed by atoms with Gasteiger partial charge in [-0.2, -0.15) is 0 Å². The molecule has 1 aromatic carbocycles. The van der Waals surface area contributed by atoms with Gasteiger partial charge in [0.15, 0.2) is 0 Å². The number of alkyl halides is 3. The molecule has 0 aromatic heterocycles. The second kappa shape index (κ2) is 7.39.